The molecule has 0 aliphatic carbocycles. The van der Waals surface area contributed by atoms with Gasteiger partial charge < -0.3 is 10.2 Å². The van der Waals surface area contributed by atoms with Crippen LogP contribution in [-0.2, 0) is 6.37 Å². The SMILES string of the molecule is [2H]C1([2H])c2ncc(F)cc2[C@@]2([2H])N(c3ccn4ncc(c4n3)C(=C)N[C@H](C)C1([2H])[2H])C([2H])([2H])C([2H])([2H])C2([2H])[2H]. The fourth-order valence-corrected chi connectivity index (χ4v) is 3.08. The highest BCUT2D eigenvalue weighted by Crippen LogP contribution is 2.37. The minimum Gasteiger partial charge on any atom is -0.382 e. The highest BCUT2D eigenvalue weighted by atomic mass is 19.1. The Bertz CT molecular complexity index is 1520. The topological polar surface area (TPSA) is 58.4 Å². The van der Waals surface area contributed by atoms with Crippen LogP contribution >= 0.6 is 0 Å². The smallest absolute Gasteiger partial charge is 0.166 e. The molecule has 1 N–H and O–H groups in total. The van der Waals surface area contributed by atoms with E-state index in [-0.39, 0.29) is 16.9 Å². The summed E-state index contributed by atoms with van der Waals surface area (Å²) in [6.07, 6.45) is -9.72. The minimum absolute atomic E-state index is 0.0313. The second-order valence-electron chi connectivity index (χ2n) is 6.32. The van der Waals surface area contributed by atoms with Gasteiger partial charge in [0, 0.05) is 43.8 Å². The van der Waals surface area contributed by atoms with Gasteiger partial charge in [0.2, 0.25) is 0 Å². The molecule has 144 valence electrons. The number of anilines is 1. The summed E-state index contributed by atoms with van der Waals surface area (Å²) in [5, 5.41) is 6.93. The number of hydrogen-bond donors (Lipinski definition) is 1. The fourth-order valence-electron chi connectivity index (χ4n) is 3.08. The number of nitrogens with one attached hydrogen (secondary N) is 1. The summed E-state index contributed by atoms with van der Waals surface area (Å²) in [4.78, 5) is 8.52. The zero-order valence-corrected chi connectivity index (χ0v) is 14.8. The quantitative estimate of drug-likeness (QED) is 0.638. The second kappa shape index (κ2) is 6.58. The molecule has 28 heavy (non-hydrogen) atoms. The van der Waals surface area contributed by atoms with E-state index < -0.39 is 66.9 Å². The van der Waals surface area contributed by atoms with Gasteiger partial charge in [-0.3, -0.25) is 4.98 Å². The van der Waals surface area contributed by atoms with Crippen molar-refractivity contribution in [3.63, 3.8) is 0 Å². The Morgan fingerprint density at radius 2 is 2.29 bits per heavy atom. The van der Waals surface area contributed by atoms with Gasteiger partial charge in [-0.05, 0) is 50.1 Å². The molecule has 2 bridgehead atoms. The molecule has 6 nitrogen and oxygen atoms in total. The number of rotatable bonds is 0. The first-order chi connectivity index (χ1) is 17.7. The lowest BCUT2D eigenvalue weighted by molar-refractivity contribution is 0.575. The Labute approximate surface area is 178 Å². The molecule has 0 spiro atoms. The molecule has 7 heteroatoms. The Morgan fingerprint density at radius 1 is 1.39 bits per heavy atom. The standard InChI is InChI=1S/C21H23FN6/c1-13-5-6-18-16(10-15(22)11-23-18)19-4-3-8-27(19)20-7-9-28-21(26-20)17(12-24-28)14(2)25-13/h7,9-13,19,25H,2-6,8H2,1H3/t13-,19+/m1/s1/i3D2,4D2,5D2,6D2,8D2,19D. The van der Waals surface area contributed by atoms with Crippen LogP contribution in [-0.4, -0.2) is 32.1 Å². The van der Waals surface area contributed by atoms with Crippen LogP contribution in [0.2, 0.25) is 0 Å². The monoisotopic (exact) mass is 389 g/mol. The van der Waals surface area contributed by atoms with Crippen molar-refractivity contribution in [2.75, 3.05) is 11.4 Å². The van der Waals surface area contributed by atoms with Gasteiger partial charge in [-0.1, -0.05) is 6.58 Å². The van der Waals surface area contributed by atoms with Crippen molar-refractivity contribution in [2.24, 2.45) is 0 Å². The second-order valence-corrected chi connectivity index (χ2v) is 6.32. The molecule has 3 aromatic heterocycles. The maximum Gasteiger partial charge on any atom is 0.166 e. The van der Waals surface area contributed by atoms with E-state index in [4.69, 9.17) is 13.7 Å². The third-order valence-corrected chi connectivity index (χ3v) is 4.39. The Balaban J connectivity index is 1.99. The minimum atomic E-state index is -3.49. The molecule has 1 saturated heterocycles. The maximum atomic E-state index is 14.7. The molecule has 0 unspecified atom stereocenters. The molecule has 1 fully saturated rings. The molecular formula is C21H23FN6. The highest BCUT2D eigenvalue weighted by molar-refractivity contribution is 5.74. The van der Waals surface area contributed by atoms with Gasteiger partial charge in [-0.2, -0.15) is 5.10 Å². The number of pyridine rings is 1. The summed E-state index contributed by atoms with van der Waals surface area (Å²) in [5.74, 6) is -1.58. The maximum absolute atomic E-state index is 14.7. The van der Waals surface area contributed by atoms with Gasteiger partial charge in [0.15, 0.2) is 5.65 Å². The van der Waals surface area contributed by atoms with E-state index in [9.17, 15) is 5.76 Å². The predicted octanol–water partition coefficient (Wildman–Crippen LogP) is 3.50. The lowest BCUT2D eigenvalue weighted by Crippen LogP contribution is -2.26. The third kappa shape index (κ3) is 2.82. The van der Waals surface area contributed by atoms with E-state index >= 15 is 0 Å². The number of halogens is 1. The average molecular weight is 390 g/mol. The molecule has 2 aliphatic rings. The van der Waals surface area contributed by atoms with Crippen molar-refractivity contribution in [2.45, 2.75) is 44.5 Å². The van der Waals surface area contributed by atoms with Gasteiger partial charge in [0.25, 0.3) is 0 Å². The van der Waals surface area contributed by atoms with Crippen LogP contribution in [0.5, 0.6) is 0 Å². The highest BCUT2D eigenvalue weighted by Gasteiger charge is 2.30. The van der Waals surface area contributed by atoms with Crippen molar-refractivity contribution in [3.8, 4) is 0 Å². The number of aryl methyl sites for hydroxylation is 1. The predicted molar refractivity (Wildman–Crippen MR) is 106 cm³/mol. The Hall–Kier alpha value is -2.96. The summed E-state index contributed by atoms with van der Waals surface area (Å²) < 4.78 is 112. The number of aromatic nitrogens is 4. The van der Waals surface area contributed by atoms with Gasteiger partial charge in [-0.15, -0.1) is 0 Å². The zero-order valence-electron chi connectivity index (χ0n) is 25.8. The van der Waals surface area contributed by atoms with Crippen molar-refractivity contribution in [1.29, 1.82) is 0 Å². The molecule has 0 saturated carbocycles. The molecular weight excluding hydrogens is 355 g/mol. The van der Waals surface area contributed by atoms with Crippen LogP contribution in [0.25, 0.3) is 11.3 Å². The van der Waals surface area contributed by atoms with E-state index in [1.807, 2.05) is 0 Å². The normalized spacial score (nSPS) is 39.6. The molecule has 5 heterocycles. The van der Waals surface area contributed by atoms with Crippen molar-refractivity contribution < 1.29 is 19.5 Å². The fraction of sp³-hybridized carbons (Fsp3) is 0.381. The van der Waals surface area contributed by atoms with Crippen molar-refractivity contribution in [3.05, 3.63) is 59.9 Å². The molecule has 5 rings (SSSR count). The van der Waals surface area contributed by atoms with Gasteiger partial charge in [-0.25, -0.2) is 13.9 Å². The summed E-state index contributed by atoms with van der Waals surface area (Å²) in [6.45, 7) is 1.91. The summed E-state index contributed by atoms with van der Waals surface area (Å²) in [6, 6.07) is -2.85. The molecule has 0 radical (unpaired) electrons. The van der Waals surface area contributed by atoms with E-state index in [1.54, 1.807) is 0 Å². The lowest BCUT2D eigenvalue weighted by atomic mass is 9.98. The van der Waals surface area contributed by atoms with Crippen LogP contribution in [0.4, 0.5) is 10.2 Å². The number of hydrogen-bond acceptors (Lipinski definition) is 5. The van der Waals surface area contributed by atoms with Crippen LogP contribution in [0.3, 0.4) is 0 Å². The summed E-state index contributed by atoms with van der Waals surface area (Å²) >= 11 is 0. The molecule has 0 amide bonds. The molecule has 3 aromatic rings. The zero-order chi connectivity index (χ0) is 29.1. The first kappa shape index (κ1) is 9.03. The first-order valence-corrected chi connectivity index (χ1v) is 8.51. The van der Waals surface area contributed by atoms with Crippen molar-refractivity contribution >= 4 is 17.2 Å². The van der Waals surface area contributed by atoms with Gasteiger partial charge in [0.05, 0.1) is 25.3 Å². The third-order valence-electron chi connectivity index (χ3n) is 4.39. The summed E-state index contributed by atoms with van der Waals surface area (Å²) in [7, 11) is 0. The van der Waals surface area contributed by atoms with Crippen LogP contribution < -0.4 is 10.2 Å². The summed E-state index contributed by atoms with van der Waals surface area (Å²) in [5.41, 5.74) is -1.46. The van der Waals surface area contributed by atoms with E-state index in [2.05, 4.69) is 27.0 Å². The first-order valence-electron chi connectivity index (χ1n) is 14.0. The van der Waals surface area contributed by atoms with Crippen LogP contribution in [0.1, 0.15) is 64.0 Å². The van der Waals surface area contributed by atoms with E-state index in [1.165, 1.54) is 29.9 Å². The van der Waals surface area contributed by atoms with E-state index in [0.29, 0.717) is 17.2 Å². The van der Waals surface area contributed by atoms with Crippen LogP contribution in [0.15, 0.2) is 37.3 Å². The van der Waals surface area contributed by atoms with Gasteiger partial charge in [0.1, 0.15) is 11.6 Å². The molecule has 2 aliphatic heterocycles. The van der Waals surface area contributed by atoms with Crippen LogP contribution in [0, 0.1) is 5.82 Å². The lowest BCUT2D eigenvalue weighted by Gasteiger charge is -2.27. The van der Waals surface area contributed by atoms with E-state index in [0.717, 1.165) is 0 Å². The Morgan fingerprint density at radius 3 is 3.18 bits per heavy atom. The Kier molecular flexibility index (Phi) is 2.12. The molecule has 0 aromatic carbocycles. The largest absolute Gasteiger partial charge is 0.382 e. The number of fused-ring (bicyclic) bond motifs is 5. The number of nitrogens with zero attached hydrogens (tertiary/aromatic N) is 5. The molecule has 2 atom stereocenters. The van der Waals surface area contributed by atoms with Gasteiger partial charge >= 0.3 is 0 Å². The average Bonchev–Trinajstić information content (AvgIpc) is 3.28. The van der Waals surface area contributed by atoms with Crippen molar-refractivity contribution in [1.82, 2.24) is 24.9 Å².